The van der Waals surface area contributed by atoms with Gasteiger partial charge in [0.1, 0.15) is 12.1 Å². The predicted molar refractivity (Wildman–Crippen MR) is 112 cm³/mol. The average Bonchev–Trinajstić information content (AvgIpc) is 3.14. The highest BCUT2D eigenvalue weighted by Crippen LogP contribution is 2.30. The molecule has 31 heavy (non-hydrogen) atoms. The zero-order valence-electron chi connectivity index (χ0n) is 17.5. The van der Waals surface area contributed by atoms with Gasteiger partial charge in [-0.3, -0.25) is 14.5 Å². The lowest BCUT2D eigenvalue weighted by Gasteiger charge is -2.28. The summed E-state index contributed by atoms with van der Waals surface area (Å²) in [5.41, 5.74) is -1.08. The summed E-state index contributed by atoms with van der Waals surface area (Å²) >= 11 is 0. The van der Waals surface area contributed by atoms with Crippen molar-refractivity contribution < 1.29 is 31.2 Å². The van der Waals surface area contributed by atoms with Gasteiger partial charge in [-0.25, -0.2) is 21.6 Å². The number of urea groups is 1. The van der Waals surface area contributed by atoms with Crippen molar-refractivity contribution in [3.63, 3.8) is 0 Å². The molecule has 0 radical (unpaired) electrons. The molecule has 1 aromatic carbocycles. The molecular weight excluding hydrogens is 446 g/mol. The third-order valence-corrected chi connectivity index (χ3v) is 8.62. The summed E-state index contributed by atoms with van der Waals surface area (Å²) in [6, 6.07) is 4.37. The smallest absolute Gasteiger partial charge is 0.325 e. The van der Waals surface area contributed by atoms with Crippen LogP contribution in [0.3, 0.4) is 0 Å². The first-order chi connectivity index (χ1) is 14.3. The first-order valence-electron chi connectivity index (χ1n) is 9.73. The normalized spacial score (nSPS) is 25.5. The van der Waals surface area contributed by atoms with Crippen LogP contribution in [0.5, 0.6) is 0 Å². The fourth-order valence-corrected chi connectivity index (χ4v) is 6.32. The Morgan fingerprint density at radius 2 is 1.87 bits per heavy atom. The number of carbonyl (C=O) groups excluding carboxylic acids is 3. The summed E-state index contributed by atoms with van der Waals surface area (Å²) in [5, 5.41) is 2.57. The molecule has 1 aromatic rings. The molecule has 12 heteroatoms. The standard InChI is InChI=1S/C19H25N3O7S2/c1-4-21(14-9-10-31(28,29)12-14)16(23)11-22-17(24)19(2,20-18(22)25)13-5-7-15(8-6-13)30(3,26)27/h5-8,14H,4,9-12H2,1-3H3,(H,20,25)/t14-,19+/m1/s1. The number of carbonyl (C=O) groups is 3. The molecule has 2 aliphatic rings. The van der Waals surface area contributed by atoms with Gasteiger partial charge in [0.15, 0.2) is 19.7 Å². The summed E-state index contributed by atoms with van der Waals surface area (Å²) < 4.78 is 46.8. The lowest BCUT2D eigenvalue weighted by Crippen LogP contribution is -2.48. The number of benzene rings is 1. The maximum absolute atomic E-state index is 13.0. The summed E-state index contributed by atoms with van der Waals surface area (Å²) in [6.45, 7) is 2.94. The van der Waals surface area contributed by atoms with Gasteiger partial charge in [-0.2, -0.15) is 0 Å². The Morgan fingerprint density at radius 3 is 2.35 bits per heavy atom. The zero-order chi connectivity index (χ0) is 23.2. The Kier molecular flexibility index (Phi) is 5.91. The van der Waals surface area contributed by atoms with E-state index in [2.05, 4.69) is 5.32 Å². The Hall–Kier alpha value is -2.47. The SMILES string of the molecule is CCN(C(=O)CN1C(=O)N[C@@](C)(c2ccc(S(C)(=O)=O)cc2)C1=O)[C@@H]1CCS(=O)(=O)C1. The molecule has 10 nitrogen and oxygen atoms in total. The average molecular weight is 472 g/mol. The highest BCUT2D eigenvalue weighted by molar-refractivity contribution is 7.91. The quantitative estimate of drug-likeness (QED) is 0.572. The van der Waals surface area contributed by atoms with Crippen LogP contribution < -0.4 is 5.32 Å². The largest absolute Gasteiger partial charge is 0.337 e. The molecule has 0 aromatic heterocycles. The zero-order valence-corrected chi connectivity index (χ0v) is 19.1. The first-order valence-corrected chi connectivity index (χ1v) is 13.4. The van der Waals surface area contributed by atoms with Gasteiger partial charge in [-0.15, -0.1) is 0 Å². The van der Waals surface area contributed by atoms with Crippen LogP contribution in [-0.2, 0) is 34.8 Å². The van der Waals surface area contributed by atoms with Crippen LogP contribution in [0, 0.1) is 0 Å². The summed E-state index contributed by atoms with van der Waals surface area (Å²) in [7, 11) is -6.62. The van der Waals surface area contributed by atoms with E-state index in [4.69, 9.17) is 0 Å². The molecule has 2 aliphatic heterocycles. The molecule has 4 amide bonds. The molecule has 2 fully saturated rings. The van der Waals surface area contributed by atoms with Gasteiger partial charge >= 0.3 is 6.03 Å². The Morgan fingerprint density at radius 1 is 1.26 bits per heavy atom. The third kappa shape index (κ3) is 4.45. The van der Waals surface area contributed by atoms with Crippen molar-refractivity contribution in [2.75, 3.05) is 30.9 Å². The molecular formula is C19H25N3O7S2. The molecule has 0 aliphatic carbocycles. The van der Waals surface area contributed by atoms with Crippen molar-refractivity contribution >= 4 is 37.5 Å². The lowest BCUT2D eigenvalue weighted by atomic mass is 9.92. The number of hydrogen-bond acceptors (Lipinski definition) is 7. The predicted octanol–water partition coefficient (Wildman–Crippen LogP) is -0.107. The fraction of sp³-hybridized carbons (Fsp3) is 0.526. The molecule has 2 saturated heterocycles. The van der Waals surface area contributed by atoms with Crippen molar-refractivity contribution in [1.29, 1.82) is 0 Å². The van der Waals surface area contributed by atoms with E-state index in [9.17, 15) is 31.2 Å². The topological polar surface area (TPSA) is 138 Å². The second-order valence-corrected chi connectivity index (χ2v) is 12.2. The van der Waals surface area contributed by atoms with Crippen LogP contribution in [-0.4, -0.2) is 81.4 Å². The van der Waals surface area contributed by atoms with Gasteiger partial charge in [0, 0.05) is 18.8 Å². The Bertz CT molecular complexity index is 1130. The molecule has 0 spiro atoms. The van der Waals surface area contributed by atoms with E-state index in [1.54, 1.807) is 6.92 Å². The van der Waals surface area contributed by atoms with E-state index in [0.29, 0.717) is 12.0 Å². The van der Waals surface area contributed by atoms with Crippen LogP contribution in [0.1, 0.15) is 25.8 Å². The van der Waals surface area contributed by atoms with Gasteiger partial charge < -0.3 is 10.2 Å². The van der Waals surface area contributed by atoms with Gasteiger partial charge in [0.05, 0.1) is 16.4 Å². The molecule has 0 unspecified atom stereocenters. The number of imide groups is 1. The third-order valence-electron chi connectivity index (χ3n) is 5.74. The summed E-state index contributed by atoms with van der Waals surface area (Å²) in [4.78, 5) is 40.6. The van der Waals surface area contributed by atoms with E-state index in [1.807, 2.05) is 0 Å². The summed E-state index contributed by atoms with van der Waals surface area (Å²) in [6.07, 6.45) is 1.39. The van der Waals surface area contributed by atoms with Crippen molar-refractivity contribution in [3.8, 4) is 0 Å². The first kappa shape index (κ1) is 23.2. The number of nitrogens with one attached hydrogen (secondary N) is 1. The van der Waals surface area contributed by atoms with E-state index in [-0.39, 0.29) is 22.9 Å². The van der Waals surface area contributed by atoms with Gasteiger partial charge in [0.2, 0.25) is 5.91 Å². The summed E-state index contributed by atoms with van der Waals surface area (Å²) in [5.74, 6) is -1.28. The number of amides is 4. The Labute approximate surface area is 181 Å². The maximum Gasteiger partial charge on any atom is 0.325 e. The van der Waals surface area contributed by atoms with Crippen molar-refractivity contribution in [2.45, 2.75) is 36.7 Å². The number of nitrogens with zero attached hydrogens (tertiary/aromatic N) is 2. The van der Waals surface area contributed by atoms with Crippen LogP contribution in [0.4, 0.5) is 4.79 Å². The molecule has 2 atom stereocenters. The molecule has 2 heterocycles. The van der Waals surface area contributed by atoms with E-state index >= 15 is 0 Å². The maximum atomic E-state index is 13.0. The minimum Gasteiger partial charge on any atom is -0.337 e. The number of likely N-dealkylation sites (N-methyl/N-ethyl adjacent to an activating group) is 1. The minimum absolute atomic E-state index is 0.00608. The van der Waals surface area contributed by atoms with E-state index in [1.165, 1.54) is 36.1 Å². The van der Waals surface area contributed by atoms with Crippen molar-refractivity contribution in [2.24, 2.45) is 0 Å². The molecule has 3 rings (SSSR count). The van der Waals surface area contributed by atoms with Crippen LogP contribution in [0.25, 0.3) is 0 Å². The highest BCUT2D eigenvalue weighted by Gasteiger charge is 2.50. The van der Waals surface area contributed by atoms with Crippen molar-refractivity contribution in [1.82, 2.24) is 15.1 Å². The number of rotatable bonds is 6. The monoisotopic (exact) mass is 471 g/mol. The van der Waals surface area contributed by atoms with Crippen LogP contribution in [0.15, 0.2) is 29.2 Å². The lowest BCUT2D eigenvalue weighted by molar-refractivity contribution is -0.139. The van der Waals surface area contributed by atoms with E-state index < -0.39 is 55.6 Å². The molecule has 0 saturated carbocycles. The van der Waals surface area contributed by atoms with Gasteiger partial charge in [-0.05, 0) is 38.0 Å². The fourth-order valence-electron chi connectivity index (χ4n) is 3.96. The van der Waals surface area contributed by atoms with Gasteiger partial charge in [0.25, 0.3) is 5.91 Å². The molecule has 1 N–H and O–H groups in total. The van der Waals surface area contributed by atoms with Crippen molar-refractivity contribution in [3.05, 3.63) is 29.8 Å². The minimum atomic E-state index is -3.42. The molecule has 0 bridgehead atoms. The van der Waals surface area contributed by atoms with E-state index in [0.717, 1.165) is 11.2 Å². The Balaban J connectivity index is 1.78. The number of sulfone groups is 2. The molecule has 170 valence electrons. The second kappa shape index (κ2) is 7.90. The highest BCUT2D eigenvalue weighted by atomic mass is 32.2. The van der Waals surface area contributed by atoms with Gasteiger partial charge in [-0.1, -0.05) is 12.1 Å². The second-order valence-electron chi connectivity index (χ2n) is 7.98. The number of hydrogen-bond donors (Lipinski definition) is 1. The van der Waals surface area contributed by atoms with Crippen LogP contribution in [0.2, 0.25) is 0 Å². The van der Waals surface area contributed by atoms with Crippen LogP contribution >= 0.6 is 0 Å².